The number of carbonyl (C=O) groups excluding carboxylic acids is 1. The molecule has 0 bridgehead atoms. The highest BCUT2D eigenvalue weighted by Crippen LogP contribution is 2.13. The summed E-state index contributed by atoms with van der Waals surface area (Å²) in [5.74, 6) is 0.0452. The van der Waals surface area contributed by atoms with Crippen LogP contribution in [0.3, 0.4) is 0 Å². The highest BCUT2D eigenvalue weighted by molar-refractivity contribution is 7.89. The molecule has 0 saturated heterocycles. The average Bonchev–Trinajstić information content (AvgIpc) is 2.39. The molecule has 0 aromatic heterocycles. The van der Waals surface area contributed by atoms with Crippen LogP contribution < -0.4 is 10.0 Å². The van der Waals surface area contributed by atoms with Crippen molar-refractivity contribution in [3.8, 4) is 0 Å². The molecule has 0 radical (unpaired) electrons. The topological polar surface area (TPSA) is 78.5 Å². The number of hydrogen-bond acceptors (Lipinski definition) is 4. The van der Waals surface area contributed by atoms with Gasteiger partial charge in [-0.3, -0.25) is 4.79 Å². The maximum atomic E-state index is 11.7. The van der Waals surface area contributed by atoms with E-state index in [-0.39, 0.29) is 10.8 Å². The minimum absolute atomic E-state index is 0.0452. The van der Waals surface area contributed by atoms with Crippen molar-refractivity contribution < 1.29 is 13.2 Å². The summed E-state index contributed by atoms with van der Waals surface area (Å²) in [7, 11) is 0.0112. The summed E-state index contributed by atoms with van der Waals surface area (Å²) in [4.78, 5) is 13.2. The number of benzene rings is 1. The lowest BCUT2D eigenvalue weighted by Gasteiger charge is -2.11. The molecule has 0 aliphatic carbocycles. The van der Waals surface area contributed by atoms with Gasteiger partial charge in [0.05, 0.1) is 4.90 Å². The van der Waals surface area contributed by atoms with E-state index in [2.05, 4.69) is 10.0 Å². The zero-order valence-electron chi connectivity index (χ0n) is 12.0. The summed E-state index contributed by atoms with van der Waals surface area (Å²) in [6.07, 6.45) is 0.393. The number of rotatable bonds is 7. The van der Waals surface area contributed by atoms with Gasteiger partial charge in [-0.15, -0.1) is 0 Å². The highest BCUT2D eigenvalue weighted by Gasteiger charge is 2.11. The van der Waals surface area contributed by atoms with Crippen LogP contribution in [0.1, 0.15) is 13.3 Å². The van der Waals surface area contributed by atoms with E-state index < -0.39 is 10.0 Å². The first-order valence-corrected chi connectivity index (χ1v) is 7.89. The number of carbonyl (C=O) groups is 1. The molecule has 7 heteroatoms. The van der Waals surface area contributed by atoms with Gasteiger partial charge < -0.3 is 10.2 Å². The molecular formula is C13H21N3O3S. The molecule has 0 atom stereocenters. The van der Waals surface area contributed by atoms with Crippen LogP contribution in [0, 0.1) is 0 Å². The molecule has 0 aliphatic rings. The minimum Gasteiger partial charge on any atom is -0.385 e. The summed E-state index contributed by atoms with van der Waals surface area (Å²) in [6.45, 7) is 2.60. The van der Waals surface area contributed by atoms with Crippen molar-refractivity contribution in [1.82, 2.24) is 9.62 Å². The van der Waals surface area contributed by atoms with Crippen molar-refractivity contribution in [2.45, 2.75) is 18.2 Å². The maximum absolute atomic E-state index is 11.7. The van der Waals surface area contributed by atoms with Crippen LogP contribution in [0.2, 0.25) is 0 Å². The van der Waals surface area contributed by atoms with E-state index in [1.807, 2.05) is 0 Å². The fraction of sp³-hybridized carbons (Fsp3) is 0.462. The van der Waals surface area contributed by atoms with Crippen LogP contribution in [0.5, 0.6) is 0 Å². The van der Waals surface area contributed by atoms with E-state index in [4.69, 9.17) is 0 Å². The Hall–Kier alpha value is -1.60. The summed E-state index contributed by atoms with van der Waals surface area (Å²) in [5, 5.41) is 3.08. The summed E-state index contributed by atoms with van der Waals surface area (Å²) in [5.41, 5.74) is 0.784. The van der Waals surface area contributed by atoms with Gasteiger partial charge in [0.2, 0.25) is 15.9 Å². The first-order chi connectivity index (χ1) is 9.36. The lowest BCUT2D eigenvalue weighted by atomic mass is 10.3. The molecule has 0 spiro atoms. The molecule has 20 heavy (non-hydrogen) atoms. The van der Waals surface area contributed by atoms with Crippen LogP contribution in [0.4, 0.5) is 5.69 Å². The van der Waals surface area contributed by atoms with Crippen molar-refractivity contribution >= 4 is 21.6 Å². The summed E-state index contributed by atoms with van der Waals surface area (Å²) in [6, 6.07) is 6.44. The van der Waals surface area contributed by atoms with Crippen LogP contribution >= 0.6 is 0 Å². The molecular weight excluding hydrogens is 278 g/mol. The summed E-state index contributed by atoms with van der Waals surface area (Å²) < 4.78 is 25.9. The second kappa shape index (κ2) is 7.25. The Balaban J connectivity index is 2.57. The standard InChI is InChI=1S/C13H21N3O3S/c1-4-15-20(18,19)12-7-5-11(6-8-12)14-10-9-13(17)16(2)3/h5-8,14-15H,4,9-10H2,1-3H3. The van der Waals surface area contributed by atoms with Gasteiger partial charge in [-0.25, -0.2) is 13.1 Å². The Kier molecular flexibility index (Phi) is 5.97. The number of sulfonamides is 1. The van der Waals surface area contributed by atoms with Gasteiger partial charge in [0.15, 0.2) is 0 Å². The third kappa shape index (κ3) is 4.82. The molecule has 112 valence electrons. The molecule has 0 heterocycles. The Bertz CT molecular complexity index is 538. The summed E-state index contributed by atoms with van der Waals surface area (Å²) >= 11 is 0. The third-order valence-electron chi connectivity index (χ3n) is 2.67. The number of amides is 1. The van der Waals surface area contributed by atoms with Gasteiger partial charge in [-0.2, -0.15) is 0 Å². The van der Waals surface area contributed by atoms with Crippen LogP contribution in [0.25, 0.3) is 0 Å². The molecule has 1 rings (SSSR count). The van der Waals surface area contributed by atoms with Crippen LogP contribution in [0.15, 0.2) is 29.2 Å². The second-order valence-corrected chi connectivity index (χ2v) is 6.26. The van der Waals surface area contributed by atoms with E-state index in [9.17, 15) is 13.2 Å². The normalized spacial score (nSPS) is 11.2. The number of nitrogens with zero attached hydrogens (tertiary/aromatic N) is 1. The third-order valence-corrected chi connectivity index (χ3v) is 4.23. The van der Waals surface area contributed by atoms with E-state index in [0.29, 0.717) is 19.5 Å². The van der Waals surface area contributed by atoms with E-state index >= 15 is 0 Å². The van der Waals surface area contributed by atoms with Crippen molar-refractivity contribution in [1.29, 1.82) is 0 Å². The molecule has 1 amide bonds. The van der Waals surface area contributed by atoms with E-state index in [0.717, 1.165) is 5.69 Å². The van der Waals surface area contributed by atoms with Crippen LogP contribution in [-0.2, 0) is 14.8 Å². The lowest BCUT2D eigenvalue weighted by Crippen LogP contribution is -2.24. The second-order valence-electron chi connectivity index (χ2n) is 4.49. The predicted octanol–water partition coefficient (Wildman–Crippen LogP) is 0.875. The number of nitrogens with one attached hydrogen (secondary N) is 2. The molecule has 0 unspecified atom stereocenters. The zero-order chi connectivity index (χ0) is 15.2. The molecule has 0 saturated carbocycles. The number of hydrogen-bond donors (Lipinski definition) is 2. The molecule has 2 N–H and O–H groups in total. The van der Waals surface area contributed by atoms with E-state index in [1.54, 1.807) is 33.2 Å². The van der Waals surface area contributed by atoms with Gasteiger partial charge in [-0.05, 0) is 24.3 Å². The minimum atomic E-state index is -3.41. The maximum Gasteiger partial charge on any atom is 0.240 e. The smallest absolute Gasteiger partial charge is 0.240 e. The van der Waals surface area contributed by atoms with Crippen molar-refractivity contribution in [2.24, 2.45) is 0 Å². The quantitative estimate of drug-likeness (QED) is 0.783. The molecule has 1 aromatic rings. The van der Waals surface area contributed by atoms with Gasteiger partial charge >= 0.3 is 0 Å². The first kappa shape index (κ1) is 16.5. The van der Waals surface area contributed by atoms with Gasteiger partial charge in [0.1, 0.15) is 0 Å². The highest BCUT2D eigenvalue weighted by atomic mass is 32.2. The van der Waals surface area contributed by atoms with Gasteiger partial charge in [-0.1, -0.05) is 6.92 Å². The molecule has 0 aliphatic heterocycles. The Morgan fingerprint density at radius 3 is 2.30 bits per heavy atom. The number of anilines is 1. The Morgan fingerprint density at radius 1 is 1.20 bits per heavy atom. The van der Waals surface area contributed by atoms with E-state index in [1.165, 1.54) is 17.0 Å². The monoisotopic (exact) mass is 299 g/mol. The fourth-order valence-electron chi connectivity index (χ4n) is 1.56. The first-order valence-electron chi connectivity index (χ1n) is 6.40. The Morgan fingerprint density at radius 2 is 1.80 bits per heavy atom. The molecule has 0 fully saturated rings. The van der Waals surface area contributed by atoms with Crippen molar-refractivity contribution in [3.63, 3.8) is 0 Å². The van der Waals surface area contributed by atoms with Crippen molar-refractivity contribution in [2.75, 3.05) is 32.5 Å². The SMILES string of the molecule is CCNS(=O)(=O)c1ccc(NCCC(=O)N(C)C)cc1. The average molecular weight is 299 g/mol. The van der Waals surface area contributed by atoms with Gasteiger partial charge in [0.25, 0.3) is 0 Å². The largest absolute Gasteiger partial charge is 0.385 e. The zero-order valence-corrected chi connectivity index (χ0v) is 12.8. The van der Waals surface area contributed by atoms with Gasteiger partial charge in [0, 0.05) is 39.3 Å². The predicted molar refractivity (Wildman–Crippen MR) is 79.1 cm³/mol. The molecule has 1 aromatic carbocycles. The van der Waals surface area contributed by atoms with Crippen molar-refractivity contribution in [3.05, 3.63) is 24.3 Å². The Labute approximate surface area is 120 Å². The van der Waals surface area contributed by atoms with Crippen LogP contribution in [-0.4, -0.2) is 46.4 Å². The lowest BCUT2D eigenvalue weighted by molar-refractivity contribution is -0.128. The molecule has 6 nitrogen and oxygen atoms in total. The fourth-order valence-corrected chi connectivity index (χ4v) is 2.60.